The van der Waals surface area contributed by atoms with Gasteiger partial charge in [-0.25, -0.2) is 9.78 Å². The SMILES string of the molecule is Cc1sc2nc(COC(=O)c3oc4ccc(Cl)cc4c3C)[nH]c(=O)c2c1C. The predicted octanol–water partition coefficient (Wildman–Crippen LogP) is 4.67. The number of hydrogen-bond donors (Lipinski definition) is 1. The molecule has 0 saturated carbocycles. The first-order valence-corrected chi connectivity index (χ1v) is 9.39. The quantitative estimate of drug-likeness (QED) is 0.503. The Morgan fingerprint density at radius 3 is 2.85 bits per heavy atom. The summed E-state index contributed by atoms with van der Waals surface area (Å²) in [5, 5.41) is 1.90. The molecule has 6 nitrogen and oxygen atoms in total. The van der Waals surface area contributed by atoms with Gasteiger partial charge in [-0.05, 0) is 44.5 Å². The van der Waals surface area contributed by atoms with Gasteiger partial charge in [-0.3, -0.25) is 4.79 Å². The van der Waals surface area contributed by atoms with Gasteiger partial charge in [0, 0.05) is 20.8 Å². The van der Waals surface area contributed by atoms with Gasteiger partial charge in [0.25, 0.3) is 5.56 Å². The number of benzene rings is 1. The van der Waals surface area contributed by atoms with Gasteiger partial charge < -0.3 is 14.1 Å². The van der Waals surface area contributed by atoms with E-state index >= 15 is 0 Å². The van der Waals surface area contributed by atoms with Crippen LogP contribution in [0.4, 0.5) is 0 Å². The number of H-pyrrole nitrogens is 1. The molecule has 8 heteroatoms. The van der Waals surface area contributed by atoms with Gasteiger partial charge in [-0.15, -0.1) is 11.3 Å². The van der Waals surface area contributed by atoms with E-state index in [-0.39, 0.29) is 17.9 Å². The molecule has 0 saturated heterocycles. The summed E-state index contributed by atoms with van der Waals surface area (Å²) >= 11 is 7.44. The molecule has 0 atom stereocenters. The number of carbonyl (C=O) groups excluding carboxylic acids is 1. The fraction of sp³-hybridized carbons (Fsp3) is 0.211. The van der Waals surface area contributed by atoms with E-state index in [1.807, 2.05) is 13.8 Å². The van der Waals surface area contributed by atoms with Crippen molar-refractivity contribution in [1.29, 1.82) is 0 Å². The molecule has 0 bridgehead atoms. The predicted molar refractivity (Wildman–Crippen MR) is 105 cm³/mol. The van der Waals surface area contributed by atoms with Crippen LogP contribution in [0.25, 0.3) is 21.2 Å². The van der Waals surface area contributed by atoms with Gasteiger partial charge in [-0.2, -0.15) is 0 Å². The van der Waals surface area contributed by atoms with Crippen molar-refractivity contribution in [2.45, 2.75) is 27.4 Å². The van der Waals surface area contributed by atoms with Crippen LogP contribution in [-0.2, 0) is 11.3 Å². The van der Waals surface area contributed by atoms with Crippen LogP contribution in [0.2, 0.25) is 5.02 Å². The number of rotatable bonds is 3. The first-order valence-electron chi connectivity index (χ1n) is 8.20. The third-order valence-corrected chi connectivity index (χ3v) is 5.85. The second kappa shape index (κ2) is 6.51. The lowest BCUT2D eigenvalue weighted by Gasteiger charge is -2.03. The van der Waals surface area contributed by atoms with Crippen LogP contribution in [0.5, 0.6) is 0 Å². The Kier molecular flexibility index (Phi) is 4.28. The Bertz CT molecular complexity index is 1270. The zero-order valence-corrected chi connectivity index (χ0v) is 16.4. The molecule has 1 N–H and O–H groups in total. The number of aromatic nitrogens is 2. The summed E-state index contributed by atoms with van der Waals surface area (Å²) < 4.78 is 10.9. The second-order valence-corrected chi connectivity index (χ2v) is 7.89. The van der Waals surface area contributed by atoms with Crippen LogP contribution < -0.4 is 5.56 Å². The zero-order chi connectivity index (χ0) is 19.3. The lowest BCUT2D eigenvalue weighted by Crippen LogP contribution is -2.14. The van der Waals surface area contributed by atoms with Crippen molar-refractivity contribution in [3.8, 4) is 0 Å². The molecule has 0 unspecified atom stereocenters. The molecule has 0 aliphatic rings. The topological polar surface area (TPSA) is 85.2 Å². The minimum absolute atomic E-state index is 0.110. The maximum atomic E-state index is 12.4. The van der Waals surface area contributed by atoms with Crippen molar-refractivity contribution in [3.63, 3.8) is 0 Å². The maximum Gasteiger partial charge on any atom is 0.375 e. The number of halogens is 1. The molecule has 4 aromatic rings. The standard InChI is InChI=1S/C19H15ClN2O4S/c1-8-10(3)27-18-15(8)17(23)21-14(22-18)7-25-19(24)16-9(2)12-6-11(20)4-5-13(12)26-16/h4-6H,7H2,1-3H3,(H,21,22,23). The van der Waals surface area contributed by atoms with Gasteiger partial charge in [-0.1, -0.05) is 11.6 Å². The number of hydrogen-bond acceptors (Lipinski definition) is 6. The Labute approximate surface area is 162 Å². The number of carbonyl (C=O) groups is 1. The highest BCUT2D eigenvalue weighted by Crippen LogP contribution is 2.29. The van der Waals surface area contributed by atoms with Crippen LogP contribution in [0.3, 0.4) is 0 Å². The van der Waals surface area contributed by atoms with Crippen LogP contribution in [0.1, 0.15) is 32.4 Å². The number of nitrogens with one attached hydrogen (secondary N) is 1. The van der Waals surface area contributed by atoms with E-state index in [9.17, 15) is 9.59 Å². The number of thiophene rings is 1. The van der Waals surface area contributed by atoms with Crippen molar-refractivity contribution in [2.75, 3.05) is 0 Å². The van der Waals surface area contributed by atoms with E-state index in [2.05, 4.69) is 9.97 Å². The monoisotopic (exact) mass is 402 g/mol. The van der Waals surface area contributed by atoms with Gasteiger partial charge in [0.05, 0.1) is 5.39 Å². The molecule has 3 aromatic heterocycles. The molecule has 0 aliphatic carbocycles. The van der Waals surface area contributed by atoms with Gasteiger partial charge >= 0.3 is 5.97 Å². The van der Waals surface area contributed by atoms with Gasteiger partial charge in [0.15, 0.2) is 0 Å². The molecule has 4 rings (SSSR count). The minimum Gasteiger partial charge on any atom is -0.452 e. The number of ether oxygens (including phenoxy) is 1. The number of fused-ring (bicyclic) bond motifs is 2. The van der Waals surface area contributed by atoms with Gasteiger partial charge in [0.1, 0.15) is 22.8 Å². The fourth-order valence-electron chi connectivity index (χ4n) is 2.95. The average Bonchev–Trinajstić information content (AvgIpc) is 3.10. The first-order chi connectivity index (χ1) is 12.8. The molecule has 0 aliphatic heterocycles. The summed E-state index contributed by atoms with van der Waals surface area (Å²) in [5.74, 6) is -0.224. The minimum atomic E-state index is -0.624. The molecule has 0 amide bonds. The highest BCUT2D eigenvalue weighted by Gasteiger charge is 2.20. The van der Waals surface area contributed by atoms with Crippen LogP contribution in [0, 0.1) is 20.8 Å². The third-order valence-electron chi connectivity index (χ3n) is 4.51. The normalized spacial score (nSPS) is 11.4. The summed E-state index contributed by atoms with van der Waals surface area (Å²) in [6, 6.07) is 5.13. The van der Waals surface area contributed by atoms with Crippen LogP contribution in [-0.4, -0.2) is 15.9 Å². The van der Waals surface area contributed by atoms with Crippen molar-refractivity contribution in [2.24, 2.45) is 0 Å². The molecule has 0 fully saturated rings. The Hall–Kier alpha value is -2.64. The van der Waals surface area contributed by atoms with E-state index in [4.69, 9.17) is 20.8 Å². The maximum absolute atomic E-state index is 12.4. The third kappa shape index (κ3) is 3.02. The van der Waals surface area contributed by atoms with E-state index in [0.29, 0.717) is 32.2 Å². The van der Waals surface area contributed by atoms with E-state index in [1.165, 1.54) is 11.3 Å². The smallest absolute Gasteiger partial charge is 0.375 e. The number of aromatic amines is 1. The summed E-state index contributed by atoms with van der Waals surface area (Å²) in [5.41, 5.74) is 1.89. The fourth-order valence-corrected chi connectivity index (χ4v) is 4.18. The number of esters is 1. The number of nitrogens with zero attached hydrogens (tertiary/aromatic N) is 1. The summed E-state index contributed by atoms with van der Waals surface area (Å²) in [4.78, 5) is 33.5. The molecule has 138 valence electrons. The molecular formula is C19H15ClN2O4S. The molecular weight excluding hydrogens is 388 g/mol. The van der Waals surface area contributed by atoms with Crippen molar-refractivity contribution in [1.82, 2.24) is 9.97 Å². The highest BCUT2D eigenvalue weighted by molar-refractivity contribution is 7.18. The lowest BCUT2D eigenvalue weighted by molar-refractivity contribution is 0.0427. The summed E-state index contributed by atoms with van der Waals surface area (Å²) in [7, 11) is 0. The van der Waals surface area contributed by atoms with E-state index in [0.717, 1.165) is 15.8 Å². The van der Waals surface area contributed by atoms with Crippen molar-refractivity contribution in [3.05, 3.63) is 61.2 Å². The van der Waals surface area contributed by atoms with Crippen molar-refractivity contribution < 1.29 is 13.9 Å². The zero-order valence-electron chi connectivity index (χ0n) is 14.8. The average molecular weight is 403 g/mol. The summed E-state index contributed by atoms with van der Waals surface area (Å²) in [6.07, 6.45) is 0. The lowest BCUT2D eigenvalue weighted by atomic mass is 10.1. The highest BCUT2D eigenvalue weighted by atomic mass is 35.5. The second-order valence-electron chi connectivity index (χ2n) is 6.25. The van der Waals surface area contributed by atoms with E-state index in [1.54, 1.807) is 25.1 Å². The largest absolute Gasteiger partial charge is 0.452 e. The molecule has 1 aromatic carbocycles. The molecule has 0 spiro atoms. The molecule has 27 heavy (non-hydrogen) atoms. The van der Waals surface area contributed by atoms with Crippen molar-refractivity contribution >= 4 is 50.1 Å². The van der Waals surface area contributed by atoms with Crippen LogP contribution in [0.15, 0.2) is 27.4 Å². The molecule has 0 radical (unpaired) electrons. The van der Waals surface area contributed by atoms with E-state index < -0.39 is 5.97 Å². The first kappa shape index (κ1) is 17.8. The van der Waals surface area contributed by atoms with Crippen LogP contribution >= 0.6 is 22.9 Å². The Morgan fingerprint density at radius 2 is 2.07 bits per heavy atom. The Balaban J connectivity index is 1.60. The number of furan rings is 1. The summed E-state index contributed by atoms with van der Waals surface area (Å²) in [6.45, 7) is 5.44. The van der Waals surface area contributed by atoms with Gasteiger partial charge in [0.2, 0.25) is 5.76 Å². The Morgan fingerprint density at radius 1 is 1.30 bits per heavy atom. The molecule has 3 heterocycles. The number of aryl methyl sites for hydroxylation is 3.